The first-order chi connectivity index (χ1) is 14.5. The molecule has 2 amide bonds. The van der Waals surface area contributed by atoms with Crippen LogP contribution in [0.25, 0.3) is 0 Å². The van der Waals surface area contributed by atoms with Crippen molar-refractivity contribution < 1.29 is 9.59 Å². The predicted molar refractivity (Wildman–Crippen MR) is 120 cm³/mol. The van der Waals surface area contributed by atoms with Gasteiger partial charge in [0.2, 0.25) is 5.91 Å². The third kappa shape index (κ3) is 4.73. The van der Waals surface area contributed by atoms with Crippen LogP contribution in [0.4, 0.5) is 5.69 Å². The highest BCUT2D eigenvalue weighted by Crippen LogP contribution is 2.26. The number of nitrogens with zero attached hydrogens (tertiary/aromatic N) is 2. The number of rotatable bonds is 4. The smallest absolute Gasteiger partial charge is 0.253 e. The van der Waals surface area contributed by atoms with Crippen molar-refractivity contribution in [3.63, 3.8) is 0 Å². The van der Waals surface area contributed by atoms with Crippen molar-refractivity contribution in [1.82, 2.24) is 9.80 Å². The molecule has 2 saturated heterocycles. The van der Waals surface area contributed by atoms with E-state index in [0.29, 0.717) is 35.2 Å². The average molecular weight is 446 g/mol. The predicted octanol–water partition coefficient (Wildman–Crippen LogP) is 4.56. The number of halogens is 2. The van der Waals surface area contributed by atoms with Gasteiger partial charge in [-0.3, -0.25) is 9.59 Å². The Morgan fingerprint density at radius 2 is 1.70 bits per heavy atom. The van der Waals surface area contributed by atoms with E-state index in [2.05, 4.69) is 5.32 Å². The van der Waals surface area contributed by atoms with Gasteiger partial charge in [0.05, 0.1) is 16.0 Å². The van der Waals surface area contributed by atoms with Crippen LogP contribution in [0.5, 0.6) is 0 Å². The molecular formula is C23H25Cl2N3O2. The summed E-state index contributed by atoms with van der Waals surface area (Å²) in [4.78, 5) is 29.7. The van der Waals surface area contributed by atoms with Gasteiger partial charge in [-0.15, -0.1) is 0 Å². The maximum absolute atomic E-state index is 13.1. The van der Waals surface area contributed by atoms with E-state index in [0.717, 1.165) is 31.5 Å². The van der Waals surface area contributed by atoms with Crippen LogP contribution in [0.2, 0.25) is 10.0 Å². The molecular weight excluding hydrogens is 421 g/mol. The largest absolute Gasteiger partial charge is 0.380 e. The van der Waals surface area contributed by atoms with Gasteiger partial charge in [0.25, 0.3) is 5.91 Å². The van der Waals surface area contributed by atoms with E-state index in [1.54, 1.807) is 23.1 Å². The molecule has 1 N–H and O–H groups in total. The van der Waals surface area contributed by atoms with Crippen LogP contribution in [0.1, 0.15) is 29.6 Å². The maximum atomic E-state index is 13.1. The molecule has 0 radical (unpaired) electrons. The van der Waals surface area contributed by atoms with Crippen LogP contribution >= 0.6 is 23.2 Å². The fraction of sp³-hybridized carbons (Fsp3) is 0.391. The number of carbonyl (C=O) groups is 2. The van der Waals surface area contributed by atoms with Crippen LogP contribution < -0.4 is 5.32 Å². The van der Waals surface area contributed by atoms with Crippen molar-refractivity contribution in [3.8, 4) is 0 Å². The Balaban J connectivity index is 1.35. The molecule has 5 nitrogen and oxygen atoms in total. The highest BCUT2D eigenvalue weighted by Gasteiger charge is 2.34. The third-order valence-electron chi connectivity index (χ3n) is 5.87. The van der Waals surface area contributed by atoms with E-state index in [-0.39, 0.29) is 23.8 Å². The summed E-state index contributed by atoms with van der Waals surface area (Å²) in [5, 5.41) is 4.29. The monoisotopic (exact) mass is 445 g/mol. The van der Waals surface area contributed by atoms with Crippen molar-refractivity contribution in [2.75, 3.05) is 31.5 Å². The number of piperidine rings is 1. The zero-order valence-electron chi connectivity index (χ0n) is 16.7. The van der Waals surface area contributed by atoms with Crippen LogP contribution in [0.3, 0.4) is 0 Å². The topological polar surface area (TPSA) is 52.7 Å². The Morgan fingerprint density at radius 3 is 2.47 bits per heavy atom. The first kappa shape index (κ1) is 21.0. The Kier molecular flexibility index (Phi) is 6.49. The second-order valence-electron chi connectivity index (χ2n) is 8.00. The van der Waals surface area contributed by atoms with E-state index in [4.69, 9.17) is 23.2 Å². The van der Waals surface area contributed by atoms with Crippen LogP contribution in [0.15, 0.2) is 48.5 Å². The number of carbonyl (C=O) groups excluding carboxylic acids is 2. The fourth-order valence-corrected chi connectivity index (χ4v) is 4.58. The van der Waals surface area contributed by atoms with Gasteiger partial charge in [-0.2, -0.15) is 0 Å². The summed E-state index contributed by atoms with van der Waals surface area (Å²) < 4.78 is 0. The van der Waals surface area contributed by atoms with Gasteiger partial charge >= 0.3 is 0 Å². The van der Waals surface area contributed by atoms with Crippen LogP contribution in [0, 0.1) is 5.92 Å². The first-order valence-electron chi connectivity index (χ1n) is 10.4. The van der Waals surface area contributed by atoms with Crippen molar-refractivity contribution in [1.29, 1.82) is 0 Å². The average Bonchev–Trinajstić information content (AvgIpc) is 3.24. The fourth-order valence-electron chi connectivity index (χ4n) is 4.28. The second-order valence-corrected chi connectivity index (χ2v) is 8.81. The lowest BCUT2D eigenvalue weighted by Gasteiger charge is -2.34. The van der Waals surface area contributed by atoms with Gasteiger partial charge in [-0.05, 0) is 49.6 Å². The molecule has 7 heteroatoms. The lowest BCUT2D eigenvalue weighted by atomic mass is 9.96. The molecule has 4 rings (SSSR count). The normalized spacial score (nSPS) is 21.5. The summed E-state index contributed by atoms with van der Waals surface area (Å²) >= 11 is 12.0. The minimum Gasteiger partial charge on any atom is -0.380 e. The van der Waals surface area contributed by atoms with Gasteiger partial charge in [-0.1, -0.05) is 41.4 Å². The number of hydrogen-bond acceptors (Lipinski definition) is 3. The Bertz CT molecular complexity index is 922. The van der Waals surface area contributed by atoms with Gasteiger partial charge in [0.1, 0.15) is 0 Å². The standard InChI is InChI=1S/C23H25Cl2N3O2/c24-20-9-8-16(13-21(20)25)22(29)27-11-4-5-17(14-27)23(30)28-12-10-19(15-28)26-18-6-2-1-3-7-18/h1-3,6-9,13,17,19,26H,4-5,10-12,14-15H2. The lowest BCUT2D eigenvalue weighted by molar-refractivity contribution is -0.135. The van der Waals surface area contributed by atoms with E-state index in [9.17, 15) is 9.59 Å². The number of para-hydroxylation sites is 1. The quantitative estimate of drug-likeness (QED) is 0.750. The molecule has 2 unspecified atom stereocenters. The number of nitrogens with one attached hydrogen (secondary N) is 1. The zero-order chi connectivity index (χ0) is 21.1. The zero-order valence-corrected chi connectivity index (χ0v) is 18.2. The summed E-state index contributed by atoms with van der Waals surface area (Å²) in [6, 6.07) is 15.2. The molecule has 0 spiro atoms. The molecule has 0 aromatic heterocycles. The molecule has 158 valence electrons. The number of hydrogen-bond donors (Lipinski definition) is 1. The van der Waals surface area contributed by atoms with E-state index >= 15 is 0 Å². The number of anilines is 1. The molecule has 2 fully saturated rings. The molecule has 2 atom stereocenters. The van der Waals surface area contributed by atoms with E-state index in [1.165, 1.54) is 0 Å². The van der Waals surface area contributed by atoms with E-state index < -0.39 is 0 Å². The molecule has 2 aromatic carbocycles. The molecule has 2 heterocycles. The highest BCUT2D eigenvalue weighted by atomic mass is 35.5. The van der Waals surface area contributed by atoms with Gasteiger partial charge in [0.15, 0.2) is 0 Å². The minimum absolute atomic E-state index is 0.101. The first-order valence-corrected chi connectivity index (χ1v) is 11.1. The third-order valence-corrected chi connectivity index (χ3v) is 6.61. The lowest BCUT2D eigenvalue weighted by Crippen LogP contribution is -2.46. The summed E-state index contributed by atoms with van der Waals surface area (Å²) in [5.74, 6) is -0.101. The summed E-state index contributed by atoms with van der Waals surface area (Å²) in [7, 11) is 0. The summed E-state index contributed by atoms with van der Waals surface area (Å²) in [6.07, 6.45) is 2.57. The number of benzene rings is 2. The summed E-state index contributed by atoms with van der Waals surface area (Å²) in [5.41, 5.74) is 1.58. The van der Waals surface area contributed by atoms with Gasteiger partial charge in [-0.25, -0.2) is 0 Å². The van der Waals surface area contributed by atoms with Gasteiger partial charge in [0, 0.05) is 43.5 Å². The molecule has 2 aliphatic rings. The van der Waals surface area contributed by atoms with E-state index in [1.807, 2.05) is 35.2 Å². The molecule has 2 aromatic rings. The highest BCUT2D eigenvalue weighted by molar-refractivity contribution is 6.42. The molecule has 2 aliphatic heterocycles. The van der Waals surface area contributed by atoms with Crippen molar-refractivity contribution >= 4 is 40.7 Å². The maximum Gasteiger partial charge on any atom is 0.253 e. The number of amides is 2. The molecule has 0 aliphatic carbocycles. The van der Waals surface area contributed by atoms with Crippen molar-refractivity contribution in [2.45, 2.75) is 25.3 Å². The Hall–Kier alpha value is -2.24. The second kappa shape index (κ2) is 9.27. The molecule has 0 saturated carbocycles. The Morgan fingerprint density at radius 1 is 0.900 bits per heavy atom. The summed E-state index contributed by atoms with van der Waals surface area (Å²) in [6.45, 7) is 2.55. The molecule has 0 bridgehead atoms. The van der Waals surface area contributed by atoms with Gasteiger partial charge < -0.3 is 15.1 Å². The van der Waals surface area contributed by atoms with Crippen LogP contribution in [-0.2, 0) is 4.79 Å². The minimum atomic E-state index is -0.152. The van der Waals surface area contributed by atoms with Crippen molar-refractivity contribution in [3.05, 3.63) is 64.1 Å². The molecule has 30 heavy (non-hydrogen) atoms. The SMILES string of the molecule is O=C(c1ccc(Cl)c(Cl)c1)N1CCCC(C(=O)N2CCC(Nc3ccccc3)C2)C1. The Labute approximate surface area is 186 Å². The number of likely N-dealkylation sites (tertiary alicyclic amines) is 2. The van der Waals surface area contributed by atoms with Crippen LogP contribution in [-0.4, -0.2) is 53.8 Å². The van der Waals surface area contributed by atoms with Crippen molar-refractivity contribution in [2.24, 2.45) is 5.92 Å².